The molecule has 35 heavy (non-hydrogen) atoms. The zero-order valence-corrected chi connectivity index (χ0v) is 18.9. The molecule has 2 aromatic carbocycles. The molecule has 0 aromatic heterocycles. The standard InChI is InChI=1S/C15H18FNO3.C10H10FNO.2CH4/c1-15(2,3)20-14(19)17-12(8-9-13(17)18)10-4-6-11(16)7-5-10;11-8-3-1-7(2-4-8)9-5-6-10(13)12-9;;/h4-7,12H,8-9H2,1-3H3;1-4,9H,5-6H2,(H,12,13);2*1H4/t12-;9-;;/m00../s1. The zero-order valence-electron chi connectivity index (χ0n) is 18.9. The van der Waals surface area contributed by atoms with Gasteiger partial charge in [-0.2, -0.15) is 0 Å². The van der Waals surface area contributed by atoms with Gasteiger partial charge in [0.05, 0.1) is 12.1 Å². The van der Waals surface area contributed by atoms with Crippen LogP contribution in [0.2, 0.25) is 0 Å². The third-order valence-corrected chi connectivity index (χ3v) is 5.32. The topological polar surface area (TPSA) is 75.7 Å². The second-order valence-corrected chi connectivity index (χ2v) is 9.06. The van der Waals surface area contributed by atoms with E-state index in [4.69, 9.17) is 4.74 Å². The van der Waals surface area contributed by atoms with Gasteiger partial charge in [0.15, 0.2) is 0 Å². The van der Waals surface area contributed by atoms with E-state index in [1.54, 1.807) is 45.0 Å². The van der Waals surface area contributed by atoms with E-state index < -0.39 is 11.7 Å². The summed E-state index contributed by atoms with van der Waals surface area (Å²) in [5.74, 6) is -0.766. The SMILES string of the molecule is C.C.CC(C)(C)OC(=O)N1C(=O)CC[C@H]1c1ccc(F)cc1.O=C1CC[C@@H](c2ccc(F)cc2)N1. The number of ether oxygens (including phenoxy) is 1. The summed E-state index contributed by atoms with van der Waals surface area (Å²) in [4.78, 5) is 36.1. The summed E-state index contributed by atoms with van der Waals surface area (Å²) >= 11 is 0. The van der Waals surface area contributed by atoms with Gasteiger partial charge < -0.3 is 10.1 Å². The lowest BCUT2D eigenvalue weighted by atomic mass is 10.0. The maximum atomic E-state index is 13.0. The number of nitrogens with one attached hydrogen (secondary N) is 1. The molecule has 0 aliphatic carbocycles. The van der Waals surface area contributed by atoms with Gasteiger partial charge in [-0.15, -0.1) is 0 Å². The fourth-order valence-corrected chi connectivity index (χ4v) is 3.78. The van der Waals surface area contributed by atoms with Crippen molar-refractivity contribution in [3.05, 3.63) is 71.3 Å². The molecular weight excluding hydrogens is 454 g/mol. The van der Waals surface area contributed by atoms with Crippen LogP contribution < -0.4 is 5.32 Å². The van der Waals surface area contributed by atoms with Crippen LogP contribution in [0.25, 0.3) is 0 Å². The lowest BCUT2D eigenvalue weighted by Crippen LogP contribution is -2.38. The molecule has 2 heterocycles. The minimum absolute atomic E-state index is 0. The molecule has 1 N–H and O–H groups in total. The van der Waals surface area contributed by atoms with Crippen LogP contribution in [0, 0.1) is 11.6 Å². The fraction of sp³-hybridized carbons (Fsp3) is 0.444. The minimum atomic E-state index is -0.659. The van der Waals surface area contributed by atoms with Crippen molar-refractivity contribution < 1.29 is 27.9 Å². The molecule has 3 amide bonds. The number of likely N-dealkylation sites (tertiary alicyclic amines) is 1. The first-order chi connectivity index (χ1) is 15.5. The number of benzene rings is 2. The summed E-state index contributed by atoms with van der Waals surface area (Å²) < 4.78 is 30.8. The van der Waals surface area contributed by atoms with Gasteiger partial charge in [-0.1, -0.05) is 39.1 Å². The smallest absolute Gasteiger partial charge is 0.417 e. The van der Waals surface area contributed by atoms with Gasteiger partial charge in [-0.25, -0.2) is 18.5 Å². The Labute approximate surface area is 206 Å². The van der Waals surface area contributed by atoms with Crippen LogP contribution in [0.4, 0.5) is 13.6 Å². The average Bonchev–Trinajstić information content (AvgIpc) is 3.34. The van der Waals surface area contributed by atoms with Crippen LogP contribution in [-0.2, 0) is 14.3 Å². The molecule has 2 aliphatic rings. The molecule has 2 fully saturated rings. The molecule has 2 aromatic rings. The Morgan fingerprint density at radius 2 is 1.40 bits per heavy atom. The lowest BCUT2D eigenvalue weighted by Gasteiger charge is -2.27. The van der Waals surface area contributed by atoms with Crippen molar-refractivity contribution in [2.75, 3.05) is 0 Å². The number of nitrogens with zero attached hydrogens (tertiary/aromatic N) is 1. The van der Waals surface area contributed by atoms with Crippen LogP contribution in [0.5, 0.6) is 0 Å². The number of hydrogen-bond donors (Lipinski definition) is 1. The van der Waals surface area contributed by atoms with Crippen LogP contribution in [0.3, 0.4) is 0 Å². The van der Waals surface area contributed by atoms with Crippen LogP contribution in [0.15, 0.2) is 48.5 Å². The molecule has 0 saturated carbocycles. The van der Waals surface area contributed by atoms with Crippen LogP contribution in [0.1, 0.15) is 84.5 Å². The van der Waals surface area contributed by atoms with Gasteiger partial charge in [0.1, 0.15) is 17.2 Å². The normalized spacial score (nSPS) is 19.1. The molecule has 192 valence electrons. The summed E-state index contributed by atoms with van der Waals surface area (Å²) in [5, 5.41) is 2.83. The van der Waals surface area contributed by atoms with E-state index in [1.807, 2.05) is 0 Å². The van der Waals surface area contributed by atoms with E-state index in [2.05, 4.69) is 5.32 Å². The van der Waals surface area contributed by atoms with Gasteiger partial charge in [0.2, 0.25) is 11.8 Å². The maximum Gasteiger partial charge on any atom is 0.417 e. The average molecular weight is 491 g/mol. The zero-order chi connectivity index (χ0) is 24.2. The maximum absolute atomic E-state index is 13.0. The Bertz CT molecular complexity index is 1000. The number of hydrogen-bond acceptors (Lipinski definition) is 4. The van der Waals surface area contributed by atoms with Gasteiger partial charge in [-0.05, 0) is 69.0 Å². The Morgan fingerprint density at radius 3 is 1.86 bits per heavy atom. The van der Waals surface area contributed by atoms with E-state index in [1.165, 1.54) is 24.3 Å². The number of carbonyl (C=O) groups is 3. The monoisotopic (exact) mass is 490 g/mol. The lowest BCUT2D eigenvalue weighted by molar-refractivity contribution is -0.128. The van der Waals surface area contributed by atoms with E-state index in [0.717, 1.165) is 22.4 Å². The summed E-state index contributed by atoms with van der Waals surface area (Å²) in [6.07, 6.45) is 1.56. The molecular formula is C27H36F2N2O4. The van der Waals surface area contributed by atoms with E-state index in [-0.39, 0.29) is 50.4 Å². The molecule has 4 rings (SSSR count). The molecule has 0 bridgehead atoms. The minimum Gasteiger partial charge on any atom is -0.443 e. The first-order valence-electron chi connectivity index (χ1n) is 10.9. The molecule has 6 nitrogen and oxygen atoms in total. The Kier molecular flexibility index (Phi) is 10.6. The largest absolute Gasteiger partial charge is 0.443 e. The van der Waals surface area contributed by atoms with Crippen LogP contribution in [-0.4, -0.2) is 28.4 Å². The van der Waals surface area contributed by atoms with Crippen molar-refractivity contribution in [2.24, 2.45) is 0 Å². The molecule has 2 saturated heterocycles. The number of rotatable bonds is 2. The number of amides is 3. The Hall–Kier alpha value is -3.29. The fourth-order valence-electron chi connectivity index (χ4n) is 3.78. The highest BCUT2D eigenvalue weighted by atomic mass is 19.1. The van der Waals surface area contributed by atoms with Crippen molar-refractivity contribution in [1.29, 1.82) is 0 Å². The molecule has 0 unspecified atom stereocenters. The van der Waals surface area contributed by atoms with Crippen molar-refractivity contribution in [3.63, 3.8) is 0 Å². The van der Waals surface area contributed by atoms with Gasteiger partial charge in [0.25, 0.3) is 0 Å². The number of imide groups is 1. The summed E-state index contributed by atoms with van der Waals surface area (Å²) in [6, 6.07) is 11.8. The summed E-state index contributed by atoms with van der Waals surface area (Å²) in [6.45, 7) is 5.25. The highest BCUT2D eigenvalue weighted by Crippen LogP contribution is 2.34. The predicted molar refractivity (Wildman–Crippen MR) is 131 cm³/mol. The third-order valence-electron chi connectivity index (χ3n) is 5.32. The van der Waals surface area contributed by atoms with Crippen LogP contribution >= 0.6 is 0 Å². The predicted octanol–water partition coefficient (Wildman–Crippen LogP) is 6.47. The first kappa shape index (κ1) is 29.7. The Morgan fingerprint density at radius 1 is 0.886 bits per heavy atom. The molecule has 0 radical (unpaired) electrons. The van der Waals surface area contributed by atoms with Crippen molar-refractivity contribution in [3.8, 4) is 0 Å². The molecule has 0 spiro atoms. The summed E-state index contributed by atoms with van der Waals surface area (Å²) in [7, 11) is 0. The second kappa shape index (κ2) is 12.4. The van der Waals surface area contributed by atoms with E-state index >= 15 is 0 Å². The van der Waals surface area contributed by atoms with E-state index in [0.29, 0.717) is 19.3 Å². The van der Waals surface area contributed by atoms with Crippen molar-refractivity contribution in [2.45, 2.75) is 79.0 Å². The van der Waals surface area contributed by atoms with Crippen molar-refractivity contribution >= 4 is 17.9 Å². The van der Waals surface area contributed by atoms with Gasteiger partial charge in [-0.3, -0.25) is 9.59 Å². The highest BCUT2D eigenvalue weighted by Gasteiger charge is 2.39. The first-order valence-corrected chi connectivity index (χ1v) is 10.9. The second-order valence-electron chi connectivity index (χ2n) is 9.06. The third kappa shape index (κ3) is 8.16. The van der Waals surface area contributed by atoms with Gasteiger partial charge in [0, 0.05) is 12.8 Å². The van der Waals surface area contributed by atoms with E-state index in [9.17, 15) is 23.2 Å². The van der Waals surface area contributed by atoms with Gasteiger partial charge >= 0.3 is 6.09 Å². The Balaban J connectivity index is 0.000000356. The summed E-state index contributed by atoms with van der Waals surface area (Å²) in [5.41, 5.74) is 1.06. The quantitative estimate of drug-likeness (QED) is 0.523. The highest BCUT2D eigenvalue weighted by molar-refractivity contribution is 5.94. The molecule has 2 atom stereocenters. The number of carbonyl (C=O) groups excluding carboxylic acids is 3. The molecule has 8 heteroatoms. The van der Waals surface area contributed by atoms with Crippen molar-refractivity contribution in [1.82, 2.24) is 10.2 Å². The molecule has 2 aliphatic heterocycles. The number of halogens is 2.